The Morgan fingerprint density at radius 3 is 1.86 bits per heavy atom. The summed E-state index contributed by atoms with van der Waals surface area (Å²) in [7, 11) is 0. The highest BCUT2D eigenvalue weighted by atomic mass is 79.9. The molecule has 4 nitrogen and oxygen atoms in total. The SMILES string of the molecule is O=C1N(c2ccc(Br)cc2)CC(O)(c2ccc(Cl)cc2)N1c1ccc(Br)cc1. The Morgan fingerprint density at radius 2 is 1.32 bits per heavy atom. The minimum atomic E-state index is -1.54. The van der Waals surface area contributed by atoms with E-state index in [9.17, 15) is 9.90 Å². The van der Waals surface area contributed by atoms with Gasteiger partial charge in [-0.1, -0.05) is 55.6 Å². The van der Waals surface area contributed by atoms with E-state index in [1.54, 1.807) is 41.3 Å². The van der Waals surface area contributed by atoms with E-state index in [2.05, 4.69) is 31.9 Å². The number of aliphatic hydroxyl groups is 1. The Morgan fingerprint density at radius 1 is 0.821 bits per heavy atom. The van der Waals surface area contributed by atoms with Gasteiger partial charge in [-0.25, -0.2) is 4.79 Å². The number of hydrogen-bond acceptors (Lipinski definition) is 2. The number of halogens is 3. The van der Waals surface area contributed by atoms with Gasteiger partial charge in [0, 0.05) is 30.9 Å². The van der Waals surface area contributed by atoms with E-state index in [0.29, 0.717) is 22.0 Å². The standard InChI is InChI=1S/C21H15Br2ClN2O2/c22-15-3-9-18(10-4-15)25-13-21(28,14-1-7-17(24)8-2-14)26(20(25)27)19-11-5-16(23)6-12-19/h1-12,28H,13H2. The number of benzene rings is 3. The zero-order chi connectivity index (χ0) is 19.9. The van der Waals surface area contributed by atoms with Gasteiger partial charge in [-0.05, 0) is 60.7 Å². The minimum Gasteiger partial charge on any atom is -0.365 e. The van der Waals surface area contributed by atoms with Crippen LogP contribution in [0.1, 0.15) is 5.56 Å². The number of urea groups is 1. The zero-order valence-corrected chi connectivity index (χ0v) is 18.4. The van der Waals surface area contributed by atoms with Crippen LogP contribution in [-0.4, -0.2) is 17.7 Å². The predicted octanol–water partition coefficient (Wildman–Crippen LogP) is 6.16. The van der Waals surface area contributed by atoms with Gasteiger partial charge < -0.3 is 5.11 Å². The molecule has 3 aromatic carbocycles. The Kier molecular flexibility index (Phi) is 5.22. The van der Waals surface area contributed by atoms with E-state index >= 15 is 0 Å². The first-order chi connectivity index (χ1) is 13.4. The van der Waals surface area contributed by atoms with Crippen LogP contribution in [0.2, 0.25) is 5.02 Å². The number of carbonyl (C=O) groups is 1. The highest BCUT2D eigenvalue weighted by molar-refractivity contribution is 9.10. The molecule has 0 saturated carbocycles. The van der Waals surface area contributed by atoms with Crippen molar-refractivity contribution in [2.45, 2.75) is 5.72 Å². The molecule has 1 aliphatic heterocycles. The third-order valence-electron chi connectivity index (χ3n) is 4.70. The molecule has 1 fully saturated rings. The molecule has 28 heavy (non-hydrogen) atoms. The molecule has 7 heteroatoms. The Labute approximate surface area is 184 Å². The van der Waals surface area contributed by atoms with Crippen LogP contribution in [0.25, 0.3) is 0 Å². The number of β-amino-alcohol motifs (C(OH)–C–C–N with tert-alkyl or cyclic N) is 1. The average molecular weight is 523 g/mol. The molecule has 1 atom stereocenters. The second kappa shape index (κ2) is 7.52. The molecule has 0 spiro atoms. The zero-order valence-electron chi connectivity index (χ0n) is 14.5. The van der Waals surface area contributed by atoms with Crippen LogP contribution in [0.5, 0.6) is 0 Å². The van der Waals surface area contributed by atoms with Crippen molar-refractivity contribution in [2.24, 2.45) is 0 Å². The molecule has 1 saturated heterocycles. The molecular formula is C21H15Br2ClN2O2. The van der Waals surface area contributed by atoms with Crippen LogP contribution in [0, 0.1) is 0 Å². The van der Waals surface area contributed by atoms with Gasteiger partial charge in [-0.3, -0.25) is 9.80 Å². The van der Waals surface area contributed by atoms with Gasteiger partial charge in [-0.2, -0.15) is 0 Å². The second-order valence-electron chi connectivity index (χ2n) is 6.48. The summed E-state index contributed by atoms with van der Waals surface area (Å²) in [5.41, 5.74) is 0.362. The lowest BCUT2D eigenvalue weighted by atomic mass is 10.0. The van der Waals surface area contributed by atoms with Crippen molar-refractivity contribution in [3.63, 3.8) is 0 Å². The van der Waals surface area contributed by atoms with E-state index in [-0.39, 0.29) is 12.6 Å². The van der Waals surface area contributed by atoms with Crippen molar-refractivity contribution < 1.29 is 9.90 Å². The monoisotopic (exact) mass is 520 g/mol. The van der Waals surface area contributed by atoms with Gasteiger partial charge in [0.2, 0.25) is 0 Å². The fourth-order valence-corrected chi connectivity index (χ4v) is 3.97. The number of rotatable bonds is 3. The summed E-state index contributed by atoms with van der Waals surface area (Å²) >= 11 is 12.8. The van der Waals surface area contributed by atoms with Crippen molar-refractivity contribution in [1.82, 2.24) is 0 Å². The lowest BCUT2D eigenvalue weighted by Crippen LogP contribution is -2.44. The van der Waals surface area contributed by atoms with E-state index in [1.807, 2.05) is 36.4 Å². The van der Waals surface area contributed by atoms with Crippen molar-refractivity contribution in [3.8, 4) is 0 Å². The predicted molar refractivity (Wildman–Crippen MR) is 119 cm³/mol. The molecule has 1 unspecified atom stereocenters. The van der Waals surface area contributed by atoms with E-state index in [4.69, 9.17) is 11.6 Å². The molecule has 142 valence electrons. The highest BCUT2D eigenvalue weighted by Gasteiger charge is 2.51. The maximum Gasteiger partial charge on any atom is 0.331 e. The fourth-order valence-electron chi connectivity index (χ4n) is 3.31. The number of amides is 2. The van der Waals surface area contributed by atoms with E-state index < -0.39 is 5.72 Å². The summed E-state index contributed by atoms with van der Waals surface area (Å²) in [5, 5.41) is 12.3. The molecule has 4 rings (SSSR count). The maximum atomic E-state index is 13.4. The molecule has 1 aliphatic rings. The first kappa shape index (κ1) is 19.5. The lowest BCUT2D eigenvalue weighted by Gasteiger charge is -2.32. The molecule has 0 radical (unpaired) electrons. The van der Waals surface area contributed by atoms with Crippen molar-refractivity contribution in [1.29, 1.82) is 0 Å². The lowest BCUT2D eigenvalue weighted by molar-refractivity contribution is 0.0655. The third-order valence-corrected chi connectivity index (χ3v) is 6.01. The van der Waals surface area contributed by atoms with Crippen LogP contribution < -0.4 is 9.80 Å². The molecule has 2 amide bonds. The quantitative estimate of drug-likeness (QED) is 0.448. The first-order valence-corrected chi connectivity index (χ1v) is 10.5. The topological polar surface area (TPSA) is 43.8 Å². The molecule has 0 aromatic heterocycles. The fraction of sp³-hybridized carbons (Fsp3) is 0.0952. The normalized spacial score (nSPS) is 19.4. The van der Waals surface area contributed by atoms with Crippen molar-refractivity contribution in [3.05, 3.63) is 92.3 Å². The van der Waals surface area contributed by atoms with Gasteiger partial charge >= 0.3 is 6.03 Å². The molecule has 0 bridgehead atoms. The van der Waals surface area contributed by atoms with Gasteiger partial charge in [0.05, 0.1) is 6.54 Å². The Balaban J connectivity index is 1.83. The molecule has 1 N–H and O–H groups in total. The number of anilines is 2. The highest BCUT2D eigenvalue weighted by Crippen LogP contribution is 2.40. The van der Waals surface area contributed by atoms with E-state index in [1.165, 1.54) is 4.90 Å². The smallest absolute Gasteiger partial charge is 0.331 e. The van der Waals surface area contributed by atoms with Gasteiger partial charge in [0.25, 0.3) is 0 Å². The maximum absolute atomic E-state index is 13.4. The van der Waals surface area contributed by atoms with E-state index in [0.717, 1.165) is 8.95 Å². The second-order valence-corrected chi connectivity index (χ2v) is 8.75. The summed E-state index contributed by atoms with van der Waals surface area (Å²) in [6.45, 7) is 0.0885. The summed E-state index contributed by atoms with van der Waals surface area (Å²) in [6, 6.07) is 21.3. The molecular weight excluding hydrogens is 508 g/mol. The number of carbonyl (C=O) groups excluding carboxylic acids is 1. The Hall–Kier alpha value is -1.86. The number of nitrogens with zero attached hydrogens (tertiary/aromatic N) is 2. The average Bonchev–Trinajstić information content (AvgIpc) is 2.95. The van der Waals surface area contributed by atoms with Crippen LogP contribution in [0.15, 0.2) is 81.7 Å². The Bertz CT molecular complexity index is 1010. The van der Waals surface area contributed by atoms with Gasteiger partial charge in [-0.15, -0.1) is 0 Å². The van der Waals surface area contributed by atoms with Crippen molar-refractivity contribution in [2.75, 3.05) is 16.3 Å². The summed E-state index contributed by atoms with van der Waals surface area (Å²) < 4.78 is 1.81. The first-order valence-electron chi connectivity index (χ1n) is 8.50. The van der Waals surface area contributed by atoms with Gasteiger partial charge in [0.1, 0.15) is 0 Å². The van der Waals surface area contributed by atoms with Crippen LogP contribution in [0.4, 0.5) is 16.2 Å². The molecule has 3 aromatic rings. The summed E-state index contributed by atoms with van der Waals surface area (Å²) in [5.74, 6) is 0. The summed E-state index contributed by atoms with van der Waals surface area (Å²) in [6.07, 6.45) is 0. The third kappa shape index (κ3) is 3.46. The molecule has 1 heterocycles. The van der Waals surface area contributed by atoms with Crippen LogP contribution in [-0.2, 0) is 5.72 Å². The largest absolute Gasteiger partial charge is 0.365 e. The van der Waals surface area contributed by atoms with Crippen molar-refractivity contribution >= 4 is 60.9 Å². The molecule has 0 aliphatic carbocycles. The van der Waals surface area contributed by atoms with Gasteiger partial charge in [0.15, 0.2) is 5.72 Å². The van der Waals surface area contributed by atoms with Crippen LogP contribution >= 0.6 is 43.5 Å². The number of hydrogen-bond donors (Lipinski definition) is 1. The van der Waals surface area contributed by atoms with Crippen LogP contribution in [0.3, 0.4) is 0 Å². The summed E-state index contributed by atoms with van der Waals surface area (Å²) in [4.78, 5) is 16.4. The minimum absolute atomic E-state index is 0.0885.